The summed E-state index contributed by atoms with van der Waals surface area (Å²) < 4.78 is 0. The lowest BCUT2D eigenvalue weighted by Gasteiger charge is -2.45. The molecule has 0 aromatic carbocycles. The number of rotatable bonds is 1. The molecule has 1 aliphatic rings. The second-order valence-corrected chi connectivity index (χ2v) is 5.09. The lowest BCUT2D eigenvalue weighted by atomic mass is 9.59. The van der Waals surface area contributed by atoms with Crippen molar-refractivity contribution in [2.75, 3.05) is 0 Å². The van der Waals surface area contributed by atoms with Gasteiger partial charge in [0.1, 0.15) is 0 Å². The minimum absolute atomic E-state index is 0.0521. The Bertz CT molecular complexity index is 208. The Labute approximate surface area is 80.3 Å². The highest BCUT2D eigenvalue weighted by Gasteiger charge is 2.45. The van der Waals surface area contributed by atoms with Crippen LogP contribution in [0.25, 0.3) is 0 Å². The molecule has 0 unspecified atom stereocenters. The molecule has 1 rings (SSSR count). The van der Waals surface area contributed by atoms with E-state index in [1.807, 2.05) is 0 Å². The van der Waals surface area contributed by atoms with Crippen LogP contribution in [0, 0.1) is 23.2 Å². The number of hydrogen-bond acceptors (Lipinski definition) is 1. The average molecular weight is 184 g/mol. The quantitative estimate of drug-likeness (QED) is 0.680. The second kappa shape index (κ2) is 3.32. The van der Waals surface area contributed by atoms with E-state index < -0.39 is 5.97 Å². The van der Waals surface area contributed by atoms with Crippen molar-refractivity contribution in [1.82, 2.24) is 0 Å². The minimum Gasteiger partial charge on any atom is -0.481 e. The van der Waals surface area contributed by atoms with Gasteiger partial charge in [0.25, 0.3) is 0 Å². The Morgan fingerprint density at radius 3 is 2.23 bits per heavy atom. The molecule has 2 nitrogen and oxygen atoms in total. The van der Waals surface area contributed by atoms with E-state index in [1.165, 1.54) is 0 Å². The van der Waals surface area contributed by atoms with Crippen LogP contribution < -0.4 is 0 Å². The van der Waals surface area contributed by atoms with Crippen molar-refractivity contribution in [3.8, 4) is 0 Å². The molecule has 0 aromatic heterocycles. The van der Waals surface area contributed by atoms with E-state index >= 15 is 0 Å². The molecular weight excluding hydrogens is 164 g/mol. The molecule has 0 amide bonds. The Morgan fingerprint density at radius 2 is 1.85 bits per heavy atom. The molecule has 0 aromatic rings. The van der Waals surface area contributed by atoms with Gasteiger partial charge in [0, 0.05) is 0 Å². The molecular formula is C11H20O2. The van der Waals surface area contributed by atoms with E-state index in [1.54, 1.807) is 0 Å². The summed E-state index contributed by atoms with van der Waals surface area (Å²) in [5.74, 6) is 0.0498. The van der Waals surface area contributed by atoms with Crippen molar-refractivity contribution < 1.29 is 9.90 Å². The van der Waals surface area contributed by atoms with Gasteiger partial charge >= 0.3 is 5.97 Å². The third kappa shape index (κ3) is 1.72. The average Bonchev–Trinajstić information content (AvgIpc) is 1.96. The molecule has 0 heterocycles. The van der Waals surface area contributed by atoms with Gasteiger partial charge in [-0.05, 0) is 30.1 Å². The molecule has 3 atom stereocenters. The maximum Gasteiger partial charge on any atom is 0.307 e. The fourth-order valence-electron chi connectivity index (χ4n) is 2.65. The SMILES string of the molecule is C[C@@H]1CC[C@H](C)C(C)(C)[C@@H]1C(=O)O. The highest BCUT2D eigenvalue weighted by molar-refractivity contribution is 5.71. The zero-order chi connectivity index (χ0) is 10.2. The molecule has 1 N–H and O–H groups in total. The van der Waals surface area contributed by atoms with Crippen LogP contribution in [0.3, 0.4) is 0 Å². The third-order valence-electron chi connectivity index (χ3n) is 3.96. The maximum absolute atomic E-state index is 11.1. The molecule has 0 radical (unpaired) electrons. The van der Waals surface area contributed by atoms with Gasteiger partial charge in [-0.3, -0.25) is 4.79 Å². The predicted octanol–water partition coefficient (Wildman–Crippen LogP) is 2.78. The first-order valence-corrected chi connectivity index (χ1v) is 5.10. The summed E-state index contributed by atoms with van der Waals surface area (Å²) in [4.78, 5) is 11.1. The van der Waals surface area contributed by atoms with Crippen molar-refractivity contribution in [3.63, 3.8) is 0 Å². The van der Waals surface area contributed by atoms with Gasteiger partial charge in [0.2, 0.25) is 0 Å². The fourth-order valence-corrected chi connectivity index (χ4v) is 2.65. The number of hydrogen-bond donors (Lipinski definition) is 1. The molecule has 13 heavy (non-hydrogen) atoms. The molecule has 1 saturated carbocycles. The van der Waals surface area contributed by atoms with Crippen LogP contribution in [0.1, 0.15) is 40.5 Å². The summed E-state index contributed by atoms with van der Waals surface area (Å²) in [7, 11) is 0. The molecule has 1 fully saturated rings. The first kappa shape index (κ1) is 10.6. The molecule has 0 aliphatic heterocycles. The van der Waals surface area contributed by atoms with Gasteiger partial charge in [0.15, 0.2) is 0 Å². The van der Waals surface area contributed by atoms with E-state index in [9.17, 15) is 4.79 Å². The number of carbonyl (C=O) groups is 1. The lowest BCUT2D eigenvalue weighted by molar-refractivity contribution is -0.153. The topological polar surface area (TPSA) is 37.3 Å². The Balaban J connectivity index is 2.91. The summed E-state index contributed by atoms with van der Waals surface area (Å²) in [5.41, 5.74) is -0.0521. The van der Waals surface area contributed by atoms with Crippen molar-refractivity contribution in [2.45, 2.75) is 40.5 Å². The Kier molecular flexibility index (Phi) is 2.69. The predicted molar refractivity (Wildman–Crippen MR) is 52.5 cm³/mol. The van der Waals surface area contributed by atoms with Crippen LogP contribution in [0.2, 0.25) is 0 Å². The summed E-state index contributed by atoms with van der Waals surface area (Å²) in [6.45, 7) is 8.41. The van der Waals surface area contributed by atoms with Crippen molar-refractivity contribution in [3.05, 3.63) is 0 Å². The largest absolute Gasteiger partial charge is 0.481 e. The van der Waals surface area contributed by atoms with Crippen LogP contribution in [-0.4, -0.2) is 11.1 Å². The summed E-state index contributed by atoms with van der Waals surface area (Å²) in [6.07, 6.45) is 2.22. The molecule has 0 saturated heterocycles. The zero-order valence-electron chi connectivity index (χ0n) is 9.00. The molecule has 1 aliphatic carbocycles. The molecule has 0 spiro atoms. The van der Waals surface area contributed by atoms with E-state index in [-0.39, 0.29) is 11.3 Å². The summed E-state index contributed by atoms with van der Waals surface area (Å²) in [6, 6.07) is 0. The second-order valence-electron chi connectivity index (χ2n) is 5.09. The van der Waals surface area contributed by atoms with E-state index in [0.717, 1.165) is 12.8 Å². The van der Waals surface area contributed by atoms with Crippen molar-refractivity contribution in [1.29, 1.82) is 0 Å². The van der Waals surface area contributed by atoms with Crippen LogP contribution in [-0.2, 0) is 4.79 Å². The summed E-state index contributed by atoms with van der Waals surface area (Å²) >= 11 is 0. The van der Waals surface area contributed by atoms with Crippen LogP contribution >= 0.6 is 0 Å². The summed E-state index contributed by atoms with van der Waals surface area (Å²) in [5, 5.41) is 9.16. The first-order valence-electron chi connectivity index (χ1n) is 5.10. The van der Waals surface area contributed by atoms with Crippen LogP contribution in [0.4, 0.5) is 0 Å². The molecule has 0 bridgehead atoms. The highest BCUT2D eigenvalue weighted by atomic mass is 16.4. The number of carboxylic acid groups (broad SMARTS) is 1. The zero-order valence-corrected chi connectivity index (χ0v) is 9.00. The Morgan fingerprint density at radius 1 is 1.31 bits per heavy atom. The Hall–Kier alpha value is -0.530. The van der Waals surface area contributed by atoms with Gasteiger partial charge in [-0.1, -0.05) is 27.7 Å². The van der Waals surface area contributed by atoms with Crippen LogP contribution in [0.5, 0.6) is 0 Å². The minimum atomic E-state index is -0.621. The number of aliphatic carboxylic acids is 1. The maximum atomic E-state index is 11.1. The third-order valence-corrected chi connectivity index (χ3v) is 3.96. The van der Waals surface area contributed by atoms with Gasteiger partial charge < -0.3 is 5.11 Å². The van der Waals surface area contributed by atoms with Gasteiger partial charge in [-0.25, -0.2) is 0 Å². The van der Waals surface area contributed by atoms with E-state index in [2.05, 4.69) is 27.7 Å². The van der Waals surface area contributed by atoms with E-state index in [4.69, 9.17) is 5.11 Å². The van der Waals surface area contributed by atoms with Gasteiger partial charge in [0.05, 0.1) is 5.92 Å². The smallest absolute Gasteiger partial charge is 0.307 e. The van der Waals surface area contributed by atoms with Crippen molar-refractivity contribution >= 4 is 5.97 Å². The van der Waals surface area contributed by atoms with Gasteiger partial charge in [-0.15, -0.1) is 0 Å². The molecule has 2 heteroatoms. The standard InChI is InChI=1S/C11H20O2/c1-7-5-6-8(2)11(3,4)9(7)10(12)13/h7-9H,5-6H2,1-4H3,(H,12,13)/t7-,8+,9+/m1/s1. The van der Waals surface area contributed by atoms with Gasteiger partial charge in [-0.2, -0.15) is 0 Å². The lowest BCUT2D eigenvalue weighted by Crippen LogP contribution is -2.43. The number of carboxylic acids is 1. The fraction of sp³-hybridized carbons (Fsp3) is 0.909. The van der Waals surface area contributed by atoms with E-state index in [0.29, 0.717) is 11.8 Å². The highest BCUT2D eigenvalue weighted by Crippen LogP contribution is 2.47. The normalized spacial score (nSPS) is 38.6. The molecule has 76 valence electrons. The monoisotopic (exact) mass is 184 g/mol. The van der Waals surface area contributed by atoms with Crippen molar-refractivity contribution in [2.24, 2.45) is 23.2 Å². The first-order chi connectivity index (χ1) is 5.87. The van der Waals surface area contributed by atoms with Crippen LogP contribution in [0.15, 0.2) is 0 Å².